The number of nitrogens with two attached hydrogens (primary N) is 1. The Morgan fingerprint density at radius 2 is 2.12 bits per heavy atom. The monoisotopic (exact) mass is 262 g/mol. The number of nitrogen functional groups attached to an aromatic ring is 1. The molecule has 8 heteroatoms. The SMILES string of the molecule is COC(=O)CSc1nc(N)c(C(=O)OC)s1. The summed E-state index contributed by atoms with van der Waals surface area (Å²) in [6.07, 6.45) is 0. The molecule has 0 aliphatic rings. The van der Waals surface area contributed by atoms with Gasteiger partial charge in [-0.2, -0.15) is 0 Å². The van der Waals surface area contributed by atoms with Gasteiger partial charge in [0.05, 0.1) is 20.0 Å². The fourth-order valence-corrected chi connectivity index (χ4v) is 2.61. The Morgan fingerprint density at radius 1 is 1.44 bits per heavy atom. The molecule has 0 saturated carbocycles. The zero-order valence-electron chi connectivity index (χ0n) is 8.68. The van der Waals surface area contributed by atoms with Crippen LogP contribution in [0.5, 0.6) is 0 Å². The highest BCUT2D eigenvalue weighted by Gasteiger charge is 2.17. The van der Waals surface area contributed by atoms with Crippen LogP contribution < -0.4 is 5.73 Å². The maximum Gasteiger partial charge on any atom is 0.351 e. The predicted octanol–water partition coefficient (Wildman–Crippen LogP) is 0.777. The molecular weight excluding hydrogens is 252 g/mol. The molecular formula is C8H10N2O4S2. The molecule has 1 aromatic rings. The number of rotatable bonds is 4. The quantitative estimate of drug-likeness (QED) is 0.633. The summed E-state index contributed by atoms with van der Waals surface area (Å²) in [6, 6.07) is 0. The van der Waals surface area contributed by atoms with Gasteiger partial charge in [-0.25, -0.2) is 9.78 Å². The van der Waals surface area contributed by atoms with Crippen LogP contribution in [-0.4, -0.2) is 36.9 Å². The van der Waals surface area contributed by atoms with Gasteiger partial charge in [-0.1, -0.05) is 23.1 Å². The van der Waals surface area contributed by atoms with Crippen LogP contribution in [0, 0.1) is 0 Å². The maximum atomic E-state index is 11.2. The third-order valence-corrected chi connectivity index (χ3v) is 3.71. The second-order valence-electron chi connectivity index (χ2n) is 2.55. The number of hydrogen-bond donors (Lipinski definition) is 1. The van der Waals surface area contributed by atoms with E-state index in [4.69, 9.17) is 5.73 Å². The van der Waals surface area contributed by atoms with Crippen molar-refractivity contribution in [2.75, 3.05) is 25.7 Å². The van der Waals surface area contributed by atoms with Gasteiger partial charge in [0.2, 0.25) is 0 Å². The molecule has 0 fully saturated rings. The van der Waals surface area contributed by atoms with Crippen LogP contribution in [0.15, 0.2) is 4.34 Å². The summed E-state index contributed by atoms with van der Waals surface area (Å²) in [6.45, 7) is 0. The number of ether oxygens (including phenoxy) is 2. The van der Waals surface area contributed by atoms with Crippen LogP contribution >= 0.6 is 23.1 Å². The first kappa shape index (κ1) is 12.8. The molecule has 0 spiro atoms. The van der Waals surface area contributed by atoms with Gasteiger partial charge in [0.25, 0.3) is 0 Å². The number of nitrogens with zero attached hydrogens (tertiary/aromatic N) is 1. The molecule has 0 saturated heterocycles. The molecule has 6 nitrogen and oxygen atoms in total. The summed E-state index contributed by atoms with van der Waals surface area (Å²) in [5.41, 5.74) is 5.53. The van der Waals surface area contributed by atoms with Crippen molar-refractivity contribution >= 4 is 40.9 Å². The zero-order chi connectivity index (χ0) is 12.1. The normalized spacial score (nSPS) is 9.88. The first-order chi connectivity index (χ1) is 7.58. The van der Waals surface area contributed by atoms with Crippen LogP contribution in [0.25, 0.3) is 0 Å². The van der Waals surface area contributed by atoms with Crippen molar-refractivity contribution in [2.24, 2.45) is 0 Å². The number of carbonyl (C=O) groups excluding carboxylic acids is 2. The largest absolute Gasteiger partial charge is 0.468 e. The summed E-state index contributed by atoms with van der Waals surface area (Å²) in [4.78, 5) is 26.3. The number of carbonyl (C=O) groups is 2. The number of aromatic nitrogens is 1. The fourth-order valence-electron chi connectivity index (χ4n) is 0.792. The van der Waals surface area contributed by atoms with E-state index in [1.165, 1.54) is 14.2 Å². The van der Waals surface area contributed by atoms with Crippen molar-refractivity contribution in [3.05, 3.63) is 4.88 Å². The molecule has 0 radical (unpaired) electrons. The Kier molecular flexibility index (Phi) is 4.56. The fraction of sp³-hybridized carbons (Fsp3) is 0.375. The van der Waals surface area contributed by atoms with Crippen molar-refractivity contribution in [3.63, 3.8) is 0 Å². The number of hydrogen-bond acceptors (Lipinski definition) is 8. The molecule has 0 aliphatic carbocycles. The van der Waals surface area contributed by atoms with E-state index >= 15 is 0 Å². The van der Waals surface area contributed by atoms with Crippen LogP contribution in [0.2, 0.25) is 0 Å². The van der Waals surface area contributed by atoms with Gasteiger partial charge in [0.1, 0.15) is 0 Å². The van der Waals surface area contributed by atoms with Gasteiger partial charge >= 0.3 is 11.9 Å². The Morgan fingerprint density at radius 3 is 2.69 bits per heavy atom. The van der Waals surface area contributed by atoms with Gasteiger partial charge in [-0.15, -0.1) is 0 Å². The maximum absolute atomic E-state index is 11.2. The van der Waals surface area contributed by atoms with Crippen molar-refractivity contribution in [1.82, 2.24) is 4.98 Å². The highest BCUT2D eigenvalue weighted by atomic mass is 32.2. The van der Waals surface area contributed by atoms with E-state index in [1.807, 2.05) is 0 Å². The van der Waals surface area contributed by atoms with Crippen molar-refractivity contribution < 1.29 is 19.1 Å². The summed E-state index contributed by atoms with van der Waals surface area (Å²) >= 11 is 2.25. The Balaban J connectivity index is 2.69. The third-order valence-electron chi connectivity index (χ3n) is 1.55. The lowest BCUT2D eigenvalue weighted by Crippen LogP contribution is -2.02. The van der Waals surface area contributed by atoms with Gasteiger partial charge in [-0.05, 0) is 0 Å². The van der Waals surface area contributed by atoms with Crippen molar-refractivity contribution in [3.8, 4) is 0 Å². The number of methoxy groups -OCH3 is 2. The lowest BCUT2D eigenvalue weighted by atomic mass is 10.5. The topological polar surface area (TPSA) is 91.5 Å². The predicted molar refractivity (Wildman–Crippen MR) is 60.6 cm³/mol. The second-order valence-corrected chi connectivity index (χ2v) is 4.77. The van der Waals surface area contributed by atoms with Gasteiger partial charge in [0.15, 0.2) is 15.0 Å². The number of esters is 2. The standard InChI is InChI=1S/C8H10N2O4S2/c1-13-4(11)3-15-8-10-6(9)5(16-8)7(12)14-2/h3,9H2,1-2H3. The molecule has 1 rings (SSSR count). The van der Waals surface area contributed by atoms with Crippen LogP contribution in [0.1, 0.15) is 9.67 Å². The van der Waals surface area contributed by atoms with E-state index in [1.54, 1.807) is 0 Å². The molecule has 0 atom stereocenters. The van der Waals surface area contributed by atoms with Crippen molar-refractivity contribution in [2.45, 2.75) is 4.34 Å². The van der Waals surface area contributed by atoms with E-state index in [0.29, 0.717) is 4.34 Å². The van der Waals surface area contributed by atoms with Crippen LogP contribution in [0.3, 0.4) is 0 Å². The smallest absolute Gasteiger partial charge is 0.351 e. The van der Waals surface area contributed by atoms with E-state index in [-0.39, 0.29) is 22.4 Å². The summed E-state index contributed by atoms with van der Waals surface area (Å²) in [7, 11) is 2.57. The molecule has 0 bridgehead atoms. The minimum atomic E-state index is -0.528. The molecule has 16 heavy (non-hydrogen) atoms. The summed E-state index contributed by atoms with van der Waals surface area (Å²) in [5.74, 6) is -0.646. The van der Waals surface area contributed by atoms with E-state index in [9.17, 15) is 9.59 Å². The lowest BCUT2D eigenvalue weighted by molar-refractivity contribution is -0.137. The zero-order valence-corrected chi connectivity index (χ0v) is 10.3. The lowest BCUT2D eigenvalue weighted by Gasteiger charge is -1.94. The summed E-state index contributed by atoms with van der Waals surface area (Å²) in [5, 5.41) is 0. The Hall–Kier alpha value is -1.28. The Bertz CT molecular complexity index is 405. The molecule has 88 valence electrons. The van der Waals surface area contributed by atoms with Crippen LogP contribution in [0.4, 0.5) is 5.82 Å². The molecule has 1 heterocycles. The molecule has 1 aromatic heterocycles. The van der Waals surface area contributed by atoms with Gasteiger partial charge in [0, 0.05) is 0 Å². The molecule has 0 aromatic carbocycles. The number of thiazole rings is 1. The average molecular weight is 262 g/mol. The van der Waals surface area contributed by atoms with E-state index in [2.05, 4.69) is 14.5 Å². The highest BCUT2D eigenvalue weighted by Crippen LogP contribution is 2.29. The first-order valence-corrected chi connectivity index (χ1v) is 5.93. The molecule has 0 aliphatic heterocycles. The molecule has 0 amide bonds. The first-order valence-electron chi connectivity index (χ1n) is 4.12. The van der Waals surface area contributed by atoms with E-state index < -0.39 is 5.97 Å². The van der Waals surface area contributed by atoms with Gasteiger partial charge in [-0.3, -0.25) is 4.79 Å². The third kappa shape index (κ3) is 3.11. The van der Waals surface area contributed by atoms with Crippen molar-refractivity contribution in [1.29, 1.82) is 0 Å². The number of thioether (sulfide) groups is 1. The number of anilines is 1. The molecule has 2 N–H and O–H groups in total. The minimum absolute atomic E-state index is 0.115. The van der Waals surface area contributed by atoms with Gasteiger partial charge < -0.3 is 15.2 Å². The Labute approximate surface area is 100 Å². The van der Waals surface area contributed by atoms with Crippen LogP contribution in [-0.2, 0) is 14.3 Å². The average Bonchev–Trinajstić information content (AvgIpc) is 2.66. The molecule has 0 unspecified atom stereocenters. The second kappa shape index (κ2) is 5.71. The summed E-state index contributed by atoms with van der Waals surface area (Å²) < 4.78 is 9.53. The van der Waals surface area contributed by atoms with E-state index in [0.717, 1.165) is 23.1 Å². The highest BCUT2D eigenvalue weighted by molar-refractivity contribution is 8.01. The minimum Gasteiger partial charge on any atom is -0.468 e.